The molecule has 1 aromatic heterocycles. The lowest BCUT2D eigenvalue weighted by atomic mass is 10.0. The van der Waals surface area contributed by atoms with Crippen LogP contribution in [0.5, 0.6) is 5.75 Å². The molecule has 2 nitrogen and oxygen atoms in total. The number of alkyl halides is 6. The molecule has 0 amide bonds. The van der Waals surface area contributed by atoms with Gasteiger partial charge in [0.2, 0.25) is 0 Å². The quantitative estimate of drug-likeness (QED) is 0.366. The maximum absolute atomic E-state index is 12.8. The van der Waals surface area contributed by atoms with E-state index in [1.807, 2.05) is 0 Å². The summed E-state index contributed by atoms with van der Waals surface area (Å²) in [5.41, 5.74) is -1.35. The lowest BCUT2D eigenvalue weighted by molar-refractivity contribution is -0.274. The van der Waals surface area contributed by atoms with Crippen LogP contribution in [0.4, 0.5) is 26.3 Å². The Morgan fingerprint density at radius 3 is 2.18 bits per heavy atom. The van der Waals surface area contributed by atoms with E-state index in [4.69, 9.17) is 0 Å². The van der Waals surface area contributed by atoms with Crippen molar-refractivity contribution in [2.75, 3.05) is 0 Å². The number of hydrogen-bond acceptors (Lipinski definition) is 2. The normalized spacial score (nSPS) is 12.3. The zero-order chi connectivity index (χ0) is 16.5. The zero-order valence-electron chi connectivity index (χ0n) is 10.5. The molecule has 0 saturated carbocycles. The molecule has 0 bridgehead atoms. The smallest absolute Gasteiger partial charge is 0.405 e. The van der Waals surface area contributed by atoms with Crippen LogP contribution in [0.1, 0.15) is 5.69 Å². The van der Waals surface area contributed by atoms with E-state index in [0.717, 1.165) is 6.07 Å². The summed E-state index contributed by atoms with van der Waals surface area (Å²) in [5, 5.41) is 0. The van der Waals surface area contributed by atoms with Crippen molar-refractivity contribution in [2.45, 2.75) is 12.5 Å². The highest BCUT2D eigenvalue weighted by Crippen LogP contribution is 2.37. The summed E-state index contributed by atoms with van der Waals surface area (Å²) >= 11 is 1.56. The number of hydrogen-bond donors (Lipinski definition) is 0. The first kappa shape index (κ1) is 16.8. The Morgan fingerprint density at radius 2 is 1.59 bits per heavy atom. The first-order valence-corrected chi connectivity index (χ1v) is 6.74. The molecule has 0 aliphatic carbocycles. The summed E-state index contributed by atoms with van der Waals surface area (Å²) in [6, 6.07) is 6.89. The average Bonchev–Trinajstić information content (AvgIpc) is 2.35. The van der Waals surface area contributed by atoms with E-state index in [0.29, 0.717) is 6.07 Å². The number of halogens is 7. The van der Waals surface area contributed by atoms with Gasteiger partial charge in [-0.05, 0) is 46.4 Å². The Balaban J connectivity index is 2.55. The molecule has 0 saturated heterocycles. The van der Waals surface area contributed by atoms with Crippen molar-refractivity contribution in [3.63, 3.8) is 0 Å². The van der Waals surface area contributed by atoms with E-state index in [2.05, 4.69) is 9.72 Å². The number of nitrogens with zero attached hydrogens (tertiary/aromatic N) is 1. The molecule has 0 spiro atoms. The van der Waals surface area contributed by atoms with E-state index in [9.17, 15) is 26.3 Å². The SMILES string of the molecule is FC(F)(F)Oc1ccccc1-c1cc(I)nc(C(F)(F)F)c1. The maximum Gasteiger partial charge on any atom is 0.573 e. The first-order chi connectivity index (χ1) is 10.1. The van der Waals surface area contributed by atoms with E-state index >= 15 is 0 Å². The fraction of sp³-hybridized carbons (Fsp3) is 0.154. The van der Waals surface area contributed by atoms with Crippen LogP contribution in [0.25, 0.3) is 11.1 Å². The summed E-state index contributed by atoms with van der Waals surface area (Å²) in [7, 11) is 0. The standard InChI is InChI=1S/C13H6F6INO/c14-12(15,16)10-5-7(6-11(20)21-10)8-3-1-2-4-9(8)22-13(17,18)19/h1-6H. The molecule has 2 aromatic rings. The minimum atomic E-state index is -4.94. The molecule has 0 atom stereocenters. The number of ether oxygens (including phenoxy) is 1. The van der Waals surface area contributed by atoms with Gasteiger partial charge < -0.3 is 4.74 Å². The van der Waals surface area contributed by atoms with Gasteiger partial charge in [0.1, 0.15) is 15.1 Å². The average molecular weight is 433 g/mol. The first-order valence-electron chi connectivity index (χ1n) is 5.66. The van der Waals surface area contributed by atoms with Crippen molar-refractivity contribution in [1.29, 1.82) is 0 Å². The molecule has 118 valence electrons. The molecule has 0 aliphatic rings. The predicted molar refractivity (Wildman–Crippen MR) is 74.1 cm³/mol. The number of pyridine rings is 1. The van der Waals surface area contributed by atoms with Crippen molar-refractivity contribution in [3.8, 4) is 16.9 Å². The van der Waals surface area contributed by atoms with Gasteiger partial charge in [-0.25, -0.2) is 4.98 Å². The molecular weight excluding hydrogens is 427 g/mol. The molecule has 1 aromatic carbocycles. The van der Waals surface area contributed by atoms with Crippen molar-refractivity contribution in [1.82, 2.24) is 4.98 Å². The van der Waals surface area contributed by atoms with Crippen molar-refractivity contribution in [3.05, 3.63) is 45.8 Å². The highest BCUT2D eigenvalue weighted by atomic mass is 127. The summed E-state index contributed by atoms with van der Waals surface area (Å²) in [4.78, 5) is 3.33. The van der Waals surface area contributed by atoms with Gasteiger partial charge in [0.15, 0.2) is 0 Å². The Kier molecular flexibility index (Phi) is 4.54. The minimum absolute atomic E-state index is 0.00392. The molecule has 0 unspecified atom stereocenters. The predicted octanol–water partition coefficient (Wildman–Crippen LogP) is 5.27. The topological polar surface area (TPSA) is 22.1 Å². The van der Waals surface area contributed by atoms with Gasteiger partial charge in [-0.15, -0.1) is 13.2 Å². The number of rotatable bonds is 2. The molecule has 0 aliphatic heterocycles. The number of benzene rings is 1. The van der Waals surface area contributed by atoms with E-state index in [1.54, 1.807) is 22.6 Å². The molecule has 0 N–H and O–H groups in total. The van der Waals surface area contributed by atoms with Crippen LogP contribution in [0, 0.1) is 3.70 Å². The molecule has 0 fully saturated rings. The van der Waals surface area contributed by atoms with Gasteiger partial charge >= 0.3 is 12.5 Å². The number of para-hydroxylation sites is 1. The fourth-order valence-electron chi connectivity index (χ4n) is 1.72. The van der Waals surface area contributed by atoms with Crippen LogP contribution in [-0.2, 0) is 6.18 Å². The van der Waals surface area contributed by atoms with E-state index in [1.165, 1.54) is 24.3 Å². The Bertz CT molecular complexity index is 683. The minimum Gasteiger partial charge on any atom is -0.405 e. The van der Waals surface area contributed by atoms with Crippen LogP contribution in [0.2, 0.25) is 0 Å². The van der Waals surface area contributed by atoms with Crippen molar-refractivity contribution >= 4 is 22.6 Å². The summed E-state index contributed by atoms with van der Waals surface area (Å²) in [5.74, 6) is -0.579. The molecule has 1 heterocycles. The van der Waals surface area contributed by atoms with Crippen molar-refractivity contribution < 1.29 is 31.1 Å². The van der Waals surface area contributed by atoms with Crippen LogP contribution in [0.3, 0.4) is 0 Å². The summed E-state index contributed by atoms with van der Waals surface area (Å²) in [6.45, 7) is 0. The van der Waals surface area contributed by atoms with Gasteiger partial charge in [-0.3, -0.25) is 0 Å². The summed E-state index contributed by atoms with van der Waals surface area (Å²) in [6.07, 6.45) is -9.64. The molecule has 0 radical (unpaired) electrons. The Labute approximate surface area is 134 Å². The Morgan fingerprint density at radius 1 is 0.955 bits per heavy atom. The van der Waals surface area contributed by atoms with Crippen LogP contribution >= 0.6 is 22.6 Å². The van der Waals surface area contributed by atoms with Crippen LogP contribution in [-0.4, -0.2) is 11.3 Å². The van der Waals surface area contributed by atoms with Crippen molar-refractivity contribution in [2.24, 2.45) is 0 Å². The Hall–Kier alpha value is -1.52. The third-order valence-corrected chi connectivity index (χ3v) is 3.06. The molecule has 22 heavy (non-hydrogen) atoms. The molecule has 9 heteroatoms. The fourth-order valence-corrected chi connectivity index (χ4v) is 2.31. The monoisotopic (exact) mass is 433 g/mol. The highest BCUT2D eigenvalue weighted by molar-refractivity contribution is 14.1. The maximum atomic E-state index is 12.8. The highest BCUT2D eigenvalue weighted by Gasteiger charge is 2.34. The van der Waals surface area contributed by atoms with E-state index in [-0.39, 0.29) is 14.8 Å². The second kappa shape index (κ2) is 5.94. The van der Waals surface area contributed by atoms with Crippen LogP contribution < -0.4 is 4.74 Å². The molecular formula is C13H6F6INO. The van der Waals surface area contributed by atoms with Gasteiger partial charge in [0, 0.05) is 5.56 Å². The van der Waals surface area contributed by atoms with Gasteiger partial charge in [0.25, 0.3) is 0 Å². The lowest BCUT2D eigenvalue weighted by Crippen LogP contribution is -2.17. The zero-order valence-corrected chi connectivity index (χ0v) is 12.6. The second-order valence-electron chi connectivity index (χ2n) is 4.11. The lowest BCUT2D eigenvalue weighted by Gasteiger charge is -2.14. The molecule has 2 rings (SSSR count). The summed E-state index contributed by atoms with van der Waals surface area (Å²) < 4.78 is 79.2. The van der Waals surface area contributed by atoms with Gasteiger partial charge in [-0.2, -0.15) is 13.2 Å². The largest absolute Gasteiger partial charge is 0.573 e. The van der Waals surface area contributed by atoms with Crippen LogP contribution in [0.15, 0.2) is 36.4 Å². The van der Waals surface area contributed by atoms with E-state index < -0.39 is 24.0 Å². The third-order valence-electron chi connectivity index (χ3n) is 2.51. The van der Waals surface area contributed by atoms with Gasteiger partial charge in [-0.1, -0.05) is 18.2 Å². The number of aromatic nitrogens is 1. The van der Waals surface area contributed by atoms with Gasteiger partial charge in [0.05, 0.1) is 0 Å². The second-order valence-corrected chi connectivity index (χ2v) is 5.21. The third kappa shape index (κ3) is 4.24.